The Balaban J connectivity index is 1.66. The van der Waals surface area contributed by atoms with Crippen molar-refractivity contribution in [1.29, 1.82) is 0 Å². The van der Waals surface area contributed by atoms with Gasteiger partial charge in [-0.2, -0.15) is 18.2 Å². The van der Waals surface area contributed by atoms with Crippen molar-refractivity contribution < 1.29 is 13.2 Å². The van der Waals surface area contributed by atoms with E-state index in [1.54, 1.807) is 30.6 Å². The Morgan fingerprint density at radius 3 is 2.52 bits per heavy atom. The van der Waals surface area contributed by atoms with E-state index in [2.05, 4.69) is 25.6 Å². The van der Waals surface area contributed by atoms with Crippen LogP contribution in [0.1, 0.15) is 31.2 Å². The van der Waals surface area contributed by atoms with Gasteiger partial charge in [-0.25, -0.2) is 4.98 Å². The molecule has 8 heteroatoms. The highest BCUT2D eigenvalue weighted by atomic mass is 19.4. The lowest BCUT2D eigenvalue weighted by atomic mass is 10.2. The number of anilines is 3. The maximum Gasteiger partial charge on any atom is 0.416 e. The van der Waals surface area contributed by atoms with Crippen LogP contribution in [-0.4, -0.2) is 21.0 Å². The summed E-state index contributed by atoms with van der Waals surface area (Å²) in [4.78, 5) is 13.2. The minimum absolute atomic E-state index is 0.306. The molecule has 1 aromatic carbocycles. The third-order valence-electron chi connectivity index (χ3n) is 4.83. The van der Waals surface area contributed by atoms with Crippen LogP contribution in [0.2, 0.25) is 0 Å². The van der Waals surface area contributed by atoms with Crippen LogP contribution in [0.15, 0.2) is 54.9 Å². The highest BCUT2D eigenvalue weighted by Gasteiger charge is 2.30. The van der Waals surface area contributed by atoms with Crippen molar-refractivity contribution in [2.75, 3.05) is 10.6 Å². The fraction of sp³-hybridized carbons (Fsp3) is 0.286. The molecule has 1 aliphatic carbocycles. The maximum absolute atomic E-state index is 13.0. The summed E-state index contributed by atoms with van der Waals surface area (Å²) < 4.78 is 39.0. The van der Waals surface area contributed by atoms with Gasteiger partial charge in [-0.15, -0.1) is 0 Å². The lowest BCUT2D eigenvalue weighted by Gasteiger charge is -2.15. The van der Waals surface area contributed by atoms with Crippen molar-refractivity contribution in [3.05, 3.63) is 60.4 Å². The third kappa shape index (κ3) is 4.82. The largest absolute Gasteiger partial charge is 0.416 e. The lowest BCUT2D eigenvalue weighted by Crippen LogP contribution is -2.17. The summed E-state index contributed by atoms with van der Waals surface area (Å²) >= 11 is 0. The van der Waals surface area contributed by atoms with Gasteiger partial charge < -0.3 is 10.6 Å². The Kier molecular flexibility index (Phi) is 5.33. The first-order valence-electron chi connectivity index (χ1n) is 9.48. The number of benzene rings is 1. The van der Waals surface area contributed by atoms with Gasteiger partial charge in [0.25, 0.3) is 0 Å². The molecule has 0 saturated heterocycles. The summed E-state index contributed by atoms with van der Waals surface area (Å²) in [5, 5.41) is 6.33. The Bertz CT molecular complexity index is 970. The van der Waals surface area contributed by atoms with E-state index in [0.717, 1.165) is 43.4 Å². The van der Waals surface area contributed by atoms with Crippen LogP contribution < -0.4 is 10.6 Å². The van der Waals surface area contributed by atoms with Gasteiger partial charge in [0, 0.05) is 35.8 Å². The molecule has 2 aromatic heterocycles. The quantitative estimate of drug-likeness (QED) is 0.580. The molecule has 4 rings (SSSR count). The maximum atomic E-state index is 13.0. The van der Waals surface area contributed by atoms with E-state index in [4.69, 9.17) is 0 Å². The van der Waals surface area contributed by atoms with Crippen LogP contribution in [-0.2, 0) is 6.18 Å². The lowest BCUT2D eigenvalue weighted by molar-refractivity contribution is -0.137. The van der Waals surface area contributed by atoms with Gasteiger partial charge in [-0.1, -0.05) is 18.9 Å². The molecule has 1 saturated carbocycles. The molecule has 0 atom stereocenters. The van der Waals surface area contributed by atoms with Crippen molar-refractivity contribution in [3.63, 3.8) is 0 Å². The Morgan fingerprint density at radius 1 is 0.966 bits per heavy atom. The number of alkyl halides is 3. The topological polar surface area (TPSA) is 62.7 Å². The molecule has 5 nitrogen and oxygen atoms in total. The van der Waals surface area contributed by atoms with E-state index in [1.165, 1.54) is 6.07 Å². The molecule has 0 amide bonds. The van der Waals surface area contributed by atoms with Gasteiger partial charge in [-0.3, -0.25) is 4.98 Å². The van der Waals surface area contributed by atoms with E-state index in [1.807, 2.05) is 6.07 Å². The standard InChI is InChI=1S/C21H20F3N5/c22-21(23,24)15-6-3-9-17(11-15)26-19-12-18(14-5-4-10-25-13-14)28-20(29-19)27-16-7-1-2-8-16/h3-6,9-13,16H,1-2,7-8H2,(H2,26,27,28,29). The molecule has 0 aliphatic heterocycles. The minimum Gasteiger partial charge on any atom is -0.351 e. The Labute approximate surface area is 166 Å². The number of rotatable bonds is 5. The van der Waals surface area contributed by atoms with E-state index >= 15 is 0 Å². The van der Waals surface area contributed by atoms with Crippen molar-refractivity contribution in [3.8, 4) is 11.3 Å². The van der Waals surface area contributed by atoms with Crippen LogP contribution in [0.4, 0.5) is 30.6 Å². The first-order chi connectivity index (χ1) is 14.0. The Morgan fingerprint density at radius 2 is 1.79 bits per heavy atom. The van der Waals surface area contributed by atoms with E-state index in [-0.39, 0.29) is 0 Å². The number of nitrogens with one attached hydrogen (secondary N) is 2. The van der Waals surface area contributed by atoms with Gasteiger partial charge in [0.05, 0.1) is 11.3 Å². The molecular weight excluding hydrogens is 379 g/mol. The molecule has 1 fully saturated rings. The number of aromatic nitrogens is 3. The number of hydrogen-bond donors (Lipinski definition) is 2. The summed E-state index contributed by atoms with van der Waals surface area (Å²) in [7, 11) is 0. The van der Waals surface area contributed by atoms with Crippen LogP contribution in [0.25, 0.3) is 11.3 Å². The van der Waals surface area contributed by atoms with E-state index < -0.39 is 11.7 Å². The van der Waals surface area contributed by atoms with Crippen LogP contribution in [0.5, 0.6) is 0 Å². The monoisotopic (exact) mass is 399 g/mol. The molecule has 1 aliphatic rings. The van der Waals surface area contributed by atoms with Crippen molar-refractivity contribution in [1.82, 2.24) is 15.0 Å². The molecule has 0 bridgehead atoms. The summed E-state index contributed by atoms with van der Waals surface area (Å²) in [6.45, 7) is 0. The average molecular weight is 399 g/mol. The van der Waals surface area contributed by atoms with Gasteiger partial charge in [0.15, 0.2) is 0 Å². The van der Waals surface area contributed by atoms with Gasteiger partial charge in [0.2, 0.25) is 5.95 Å². The van der Waals surface area contributed by atoms with Crippen molar-refractivity contribution >= 4 is 17.5 Å². The normalized spacial score (nSPS) is 14.7. The highest BCUT2D eigenvalue weighted by Crippen LogP contribution is 2.32. The predicted octanol–water partition coefficient (Wildman–Crippen LogP) is 5.66. The first-order valence-corrected chi connectivity index (χ1v) is 9.48. The van der Waals surface area contributed by atoms with Gasteiger partial charge in [-0.05, 0) is 43.2 Å². The first kappa shape index (κ1) is 19.2. The van der Waals surface area contributed by atoms with Gasteiger partial charge >= 0.3 is 6.18 Å². The third-order valence-corrected chi connectivity index (χ3v) is 4.83. The molecule has 0 unspecified atom stereocenters. The second-order valence-corrected chi connectivity index (χ2v) is 7.03. The minimum atomic E-state index is -4.40. The summed E-state index contributed by atoms with van der Waals surface area (Å²) in [6, 6.07) is 10.7. The van der Waals surface area contributed by atoms with Crippen LogP contribution >= 0.6 is 0 Å². The molecule has 150 valence electrons. The smallest absolute Gasteiger partial charge is 0.351 e. The molecule has 2 N–H and O–H groups in total. The molecule has 2 heterocycles. The van der Waals surface area contributed by atoms with E-state index in [9.17, 15) is 13.2 Å². The summed E-state index contributed by atoms with van der Waals surface area (Å²) in [5.41, 5.74) is 1.04. The number of nitrogens with zero attached hydrogens (tertiary/aromatic N) is 3. The number of halogens is 3. The fourth-order valence-electron chi connectivity index (χ4n) is 3.41. The second-order valence-electron chi connectivity index (χ2n) is 7.03. The van der Waals surface area contributed by atoms with Crippen molar-refractivity contribution in [2.24, 2.45) is 0 Å². The zero-order chi connectivity index (χ0) is 20.3. The molecule has 3 aromatic rings. The molecule has 29 heavy (non-hydrogen) atoms. The van der Waals surface area contributed by atoms with Crippen LogP contribution in [0.3, 0.4) is 0 Å². The predicted molar refractivity (Wildman–Crippen MR) is 106 cm³/mol. The Hall–Kier alpha value is -3.16. The van der Waals surface area contributed by atoms with Crippen LogP contribution in [0, 0.1) is 0 Å². The molecule has 0 radical (unpaired) electrons. The number of pyridine rings is 1. The SMILES string of the molecule is FC(F)(F)c1cccc(Nc2cc(-c3cccnc3)nc(NC3CCCC3)n2)c1. The summed E-state index contributed by atoms with van der Waals surface area (Å²) in [6.07, 6.45) is 3.39. The fourth-order valence-corrected chi connectivity index (χ4v) is 3.41. The average Bonchev–Trinajstić information content (AvgIpc) is 3.21. The summed E-state index contributed by atoms with van der Waals surface area (Å²) in [5.74, 6) is 0.867. The zero-order valence-corrected chi connectivity index (χ0v) is 15.6. The zero-order valence-electron chi connectivity index (χ0n) is 15.6. The number of hydrogen-bond acceptors (Lipinski definition) is 5. The highest BCUT2D eigenvalue weighted by molar-refractivity contribution is 5.67. The van der Waals surface area contributed by atoms with Crippen molar-refractivity contribution in [2.45, 2.75) is 37.9 Å². The van der Waals surface area contributed by atoms with Gasteiger partial charge in [0.1, 0.15) is 5.82 Å². The molecular formula is C21H20F3N5. The second kappa shape index (κ2) is 8.06. The molecule has 0 spiro atoms. The van der Waals surface area contributed by atoms with E-state index in [0.29, 0.717) is 29.2 Å².